The summed E-state index contributed by atoms with van der Waals surface area (Å²) in [5, 5.41) is 1.24. The lowest BCUT2D eigenvalue weighted by molar-refractivity contribution is 0.209. The molecule has 1 saturated heterocycles. The highest BCUT2D eigenvalue weighted by molar-refractivity contribution is 6.38. The molecule has 6 heteroatoms. The van der Waals surface area contributed by atoms with Gasteiger partial charge in [0.25, 0.3) is 0 Å². The van der Waals surface area contributed by atoms with Crippen LogP contribution in [-0.4, -0.2) is 41.0 Å². The van der Waals surface area contributed by atoms with Crippen molar-refractivity contribution in [3.05, 3.63) is 77.7 Å². The third-order valence-electron chi connectivity index (χ3n) is 6.34. The van der Waals surface area contributed by atoms with Gasteiger partial charge in [-0.15, -0.1) is 0 Å². The van der Waals surface area contributed by atoms with Crippen molar-refractivity contribution in [1.82, 2.24) is 14.8 Å². The number of unbranched alkanes of at least 4 members (excludes halogenated alkanes) is 1. The number of nitrogens with zero attached hydrogens (tertiary/aromatic N) is 3. The summed E-state index contributed by atoms with van der Waals surface area (Å²) >= 11 is 6.59. The average Bonchev–Trinajstić information content (AvgIpc) is 2.84. The molecule has 1 fully saturated rings. The fraction of sp³-hybridized carbons (Fsp3) is 0.296. The minimum absolute atomic E-state index is 0.308. The zero-order chi connectivity index (χ0) is 23.5. The number of anilines is 1. The Morgan fingerprint density at radius 2 is 1.73 bits per heavy atom. The topological polar surface area (TPSA) is 45.4 Å². The third kappa shape index (κ3) is 4.83. The molecular weight excluding hydrogens is 435 g/mol. The number of pyridine rings is 1. The summed E-state index contributed by atoms with van der Waals surface area (Å²) in [5.41, 5.74) is 11.9. The second kappa shape index (κ2) is 9.84. The Morgan fingerprint density at radius 1 is 1.06 bits per heavy atom. The molecule has 2 N–H and O–H groups in total. The Bertz CT molecular complexity index is 1180. The van der Waals surface area contributed by atoms with Gasteiger partial charge in [0.15, 0.2) is 0 Å². The molecule has 0 atom stereocenters. The zero-order valence-electron chi connectivity index (χ0n) is 19.1. The minimum Gasteiger partial charge on any atom is -0.396 e. The number of hydrogen-bond donors (Lipinski definition) is 1. The number of benzene rings is 2. The van der Waals surface area contributed by atoms with E-state index in [4.69, 9.17) is 22.3 Å². The fourth-order valence-corrected chi connectivity index (χ4v) is 4.51. The highest BCUT2D eigenvalue weighted by Crippen LogP contribution is 2.36. The number of nitrogen functional groups attached to an aromatic ring is 1. The lowest BCUT2D eigenvalue weighted by Gasteiger charge is -2.39. The molecule has 0 amide bonds. The first-order chi connectivity index (χ1) is 15.9. The van der Waals surface area contributed by atoms with E-state index in [0.717, 1.165) is 60.3 Å². The van der Waals surface area contributed by atoms with Crippen LogP contribution in [0.4, 0.5) is 10.1 Å². The number of aromatic nitrogens is 1. The molecule has 2 aromatic carbocycles. The predicted octanol–water partition coefficient (Wildman–Crippen LogP) is 6.57. The molecule has 1 aliphatic rings. The van der Waals surface area contributed by atoms with Crippen molar-refractivity contribution in [2.75, 3.05) is 31.9 Å². The number of allylic oxidation sites excluding steroid dienone is 1. The van der Waals surface area contributed by atoms with Gasteiger partial charge in [0, 0.05) is 48.5 Å². The Morgan fingerprint density at radius 3 is 2.39 bits per heavy atom. The van der Waals surface area contributed by atoms with E-state index < -0.39 is 0 Å². The van der Waals surface area contributed by atoms with Gasteiger partial charge >= 0.3 is 0 Å². The van der Waals surface area contributed by atoms with Crippen LogP contribution in [0.25, 0.3) is 27.9 Å². The van der Waals surface area contributed by atoms with E-state index in [-0.39, 0.29) is 5.82 Å². The normalized spacial score (nSPS) is 14.0. The van der Waals surface area contributed by atoms with Crippen molar-refractivity contribution >= 4 is 33.9 Å². The highest BCUT2D eigenvalue weighted by atomic mass is 35.5. The Kier molecular flexibility index (Phi) is 6.89. The van der Waals surface area contributed by atoms with Crippen LogP contribution in [0.5, 0.6) is 0 Å². The first kappa shape index (κ1) is 23.1. The van der Waals surface area contributed by atoms with E-state index in [1.807, 2.05) is 18.2 Å². The maximum absolute atomic E-state index is 13.4. The van der Waals surface area contributed by atoms with Crippen molar-refractivity contribution in [3.8, 4) is 11.3 Å². The largest absolute Gasteiger partial charge is 0.396 e. The average molecular weight is 465 g/mol. The second-order valence-corrected chi connectivity index (χ2v) is 8.90. The first-order valence-corrected chi connectivity index (χ1v) is 11.8. The van der Waals surface area contributed by atoms with Gasteiger partial charge in [0.1, 0.15) is 5.82 Å². The van der Waals surface area contributed by atoms with Gasteiger partial charge in [-0.3, -0.25) is 0 Å². The molecule has 0 aliphatic carbocycles. The van der Waals surface area contributed by atoms with Gasteiger partial charge in [0.2, 0.25) is 0 Å². The van der Waals surface area contributed by atoms with Gasteiger partial charge in [-0.1, -0.05) is 50.2 Å². The summed E-state index contributed by atoms with van der Waals surface area (Å²) < 4.78 is 13.4. The van der Waals surface area contributed by atoms with E-state index >= 15 is 0 Å². The van der Waals surface area contributed by atoms with Gasteiger partial charge in [-0.2, -0.15) is 0 Å². The summed E-state index contributed by atoms with van der Waals surface area (Å²) in [7, 11) is 0. The molecule has 4 nitrogen and oxygen atoms in total. The van der Waals surface area contributed by atoms with Crippen molar-refractivity contribution in [2.45, 2.75) is 26.2 Å². The van der Waals surface area contributed by atoms with E-state index in [1.54, 1.807) is 12.1 Å². The van der Waals surface area contributed by atoms with Gasteiger partial charge in [-0.05, 0) is 48.7 Å². The molecule has 0 saturated carbocycles. The van der Waals surface area contributed by atoms with E-state index in [0.29, 0.717) is 16.4 Å². The lowest BCUT2D eigenvalue weighted by atomic mass is 10.0. The number of rotatable bonds is 7. The maximum Gasteiger partial charge on any atom is 0.123 e. The summed E-state index contributed by atoms with van der Waals surface area (Å²) in [6.07, 6.45) is 3.43. The summed E-state index contributed by atoms with van der Waals surface area (Å²) in [6, 6.07) is 12.1. The van der Waals surface area contributed by atoms with Crippen LogP contribution in [0.3, 0.4) is 0 Å². The Balaban J connectivity index is 1.56. The molecule has 3 aromatic rings. The van der Waals surface area contributed by atoms with Crippen LogP contribution >= 0.6 is 11.6 Å². The van der Waals surface area contributed by atoms with Crippen molar-refractivity contribution < 1.29 is 4.39 Å². The number of piperazine rings is 1. The first-order valence-electron chi connectivity index (χ1n) is 11.4. The van der Waals surface area contributed by atoms with Crippen LogP contribution in [-0.2, 0) is 0 Å². The number of fused-ring (bicyclic) bond motifs is 1. The standard InChI is InChI=1S/C27H30ClFN4/c1-4-5-6-18(2)32-13-15-33(16-14-32)19(3)21-9-12-23-24(17-21)31-27(26(30)25(23)28)20-7-10-22(29)11-8-20/h7-12,17H,2-6,13-16,30H2,1H3. The molecule has 1 aromatic heterocycles. The maximum atomic E-state index is 13.4. The monoisotopic (exact) mass is 464 g/mol. The van der Waals surface area contributed by atoms with Crippen molar-refractivity contribution in [3.63, 3.8) is 0 Å². The molecule has 0 unspecified atom stereocenters. The molecular formula is C27H30ClFN4. The Hall–Kier alpha value is -3.05. The molecule has 33 heavy (non-hydrogen) atoms. The molecule has 0 spiro atoms. The molecule has 1 aliphatic heterocycles. The number of nitrogens with two attached hydrogens (primary N) is 1. The van der Waals surface area contributed by atoms with Crippen LogP contribution in [0.15, 0.2) is 61.3 Å². The van der Waals surface area contributed by atoms with E-state index in [2.05, 4.69) is 29.9 Å². The van der Waals surface area contributed by atoms with Crippen molar-refractivity contribution in [1.29, 1.82) is 0 Å². The van der Waals surface area contributed by atoms with Crippen LogP contribution in [0.1, 0.15) is 31.7 Å². The molecule has 0 radical (unpaired) electrons. The summed E-state index contributed by atoms with van der Waals surface area (Å²) in [4.78, 5) is 9.47. The molecule has 4 rings (SSSR count). The lowest BCUT2D eigenvalue weighted by Crippen LogP contribution is -2.44. The van der Waals surface area contributed by atoms with Crippen LogP contribution < -0.4 is 5.73 Å². The smallest absolute Gasteiger partial charge is 0.123 e. The zero-order valence-corrected chi connectivity index (χ0v) is 19.8. The number of halogens is 2. The van der Waals surface area contributed by atoms with Gasteiger partial charge in [0.05, 0.1) is 21.9 Å². The van der Waals surface area contributed by atoms with E-state index in [1.165, 1.54) is 30.7 Å². The highest BCUT2D eigenvalue weighted by Gasteiger charge is 2.20. The van der Waals surface area contributed by atoms with E-state index in [9.17, 15) is 4.39 Å². The second-order valence-electron chi connectivity index (χ2n) is 8.52. The molecule has 2 heterocycles. The quantitative estimate of drug-likeness (QED) is 0.429. The van der Waals surface area contributed by atoms with Gasteiger partial charge in [-0.25, -0.2) is 9.37 Å². The van der Waals surface area contributed by atoms with Crippen LogP contribution in [0.2, 0.25) is 5.02 Å². The summed E-state index contributed by atoms with van der Waals surface area (Å²) in [5.74, 6) is -0.308. The minimum atomic E-state index is -0.308. The molecule has 172 valence electrons. The Labute approximate surface area is 200 Å². The fourth-order valence-electron chi connectivity index (χ4n) is 4.26. The SMILES string of the molecule is C=C(CCCC)N1CCN(C(=C)c2ccc3c(Cl)c(N)c(-c4ccc(F)cc4)nc3c2)CC1. The van der Waals surface area contributed by atoms with Gasteiger partial charge < -0.3 is 15.5 Å². The molecule has 0 bridgehead atoms. The van der Waals surface area contributed by atoms with Crippen molar-refractivity contribution in [2.24, 2.45) is 0 Å². The predicted molar refractivity (Wildman–Crippen MR) is 137 cm³/mol. The third-order valence-corrected chi connectivity index (χ3v) is 6.74. The number of hydrogen-bond acceptors (Lipinski definition) is 4. The summed E-state index contributed by atoms with van der Waals surface area (Å²) in [6.45, 7) is 14.5. The van der Waals surface area contributed by atoms with Crippen LogP contribution in [0, 0.1) is 5.82 Å².